The lowest BCUT2D eigenvalue weighted by Gasteiger charge is -2.38. The Morgan fingerprint density at radius 2 is 1.60 bits per heavy atom. The number of para-hydroxylation sites is 3. The number of methoxy groups -OCH3 is 1. The van der Waals surface area contributed by atoms with E-state index in [0.717, 1.165) is 33.8 Å². The fourth-order valence-corrected chi connectivity index (χ4v) is 8.14. The molecule has 8 nitrogen and oxygen atoms in total. The molecule has 1 fully saturated rings. The molecule has 4 atom stereocenters. The summed E-state index contributed by atoms with van der Waals surface area (Å²) < 4.78 is 18.0. The van der Waals surface area contributed by atoms with Gasteiger partial charge in [0.05, 0.1) is 31.1 Å². The maximum Gasteiger partial charge on any atom is 0.269 e. The maximum atomic E-state index is 14.8. The van der Waals surface area contributed by atoms with Crippen LogP contribution >= 0.6 is 0 Å². The van der Waals surface area contributed by atoms with E-state index in [9.17, 15) is 14.7 Å². The summed E-state index contributed by atoms with van der Waals surface area (Å²) >= 11 is 0. The Bertz CT molecular complexity index is 1800. The zero-order valence-corrected chi connectivity index (χ0v) is 27.2. The largest absolute Gasteiger partial charge is 0.497 e. The number of rotatable bonds is 8. The number of fused-ring (bicyclic) bond motifs is 3. The van der Waals surface area contributed by atoms with Gasteiger partial charge in [0.1, 0.15) is 11.5 Å². The molecule has 1 N–H and O–H groups in total. The summed E-state index contributed by atoms with van der Waals surface area (Å²) in [6.07, 6.45) is 0.0914. The third-order valence-electron chi connectivity index (χ3n) is 10.4. The highest BCUT2D eigenvalue weighted by molar-refractivity contribution is 6.07. The molecule has 8 heteroatoms. The van der Waals surface area contributed by atoms with Gasteiger partial charge in [0.25, 0.3) is 11.8 Å². The smallest absolute Gasteiger partial charge is 0.269 e. The van der Waals surface area contributed by atoms with E-state index >= 15 is 0 Å². The van der Waals surface area contributed by atoms with Gasteiger partial charge in [-0.05, 0) is 65.4 Å². The Morgan fingerprint density at radius 1 is 0.915 bits per heavy atom. The first kappa shape index (κ1) is 31.0. The molecule has 3 aliphatic heterocycles. The summed E-state index contributed by atoms with van der Waals surface area (Å²) in [5, 5.41) is 10.1. The van der Waals surface area contributed by atoms with Crippen molar-refractivity contribution < 1.29 is 28.9 Å². The predicted octanol–water partition coefficient (Wildman–Crippen LogP) is 6.51. The Balaban J connectivity index is 1.21. The molecular formula is C39H40N2O6. The quantitative estimate of drug-likeness (QED) is 0.239. The minimum absolute atomic E-state index is 0.0222. The van der Waals surface area contributed by atoms with Crippen molar-refractivity contribution in [1.82, 2.24) is 0 Å². The van der Waals surface area contributed by atoms with Crippen molar-refractivity contribution in [1.29, 1.82) is 0 Å². The number of aliphatic hydroxyl groups is 1. The van der Waals surface area contributed by atoms with E-state index in [0.29, 0.717) is 24.4 Å². The van der Waals surface area contributed by atoms with Crippen LogP contribution in [0.2, 0.25) is 0 Å². The van der Waals surface area contributed by atoms with Gasteiger partial charge in [-0.2, -0.15) is 0 Å². The zero-order chi connectivity index (χ0) is 32.9. The summed E-state index contributed by atoms with van der Waals surface area (Å²) in [6, 6.07) is 31.2. The summed E-state index contributed by atoms with van der Waals surface area (Å²) in [5.74, 6) is 0.966. The highest BCUT2D eigenvalue weighted by atomic mass is 16.5. The van der Waals surface area contributed by atoms with Crippen LogP contribution in [0.15, 0.2) is 97.1 Å². The van der Waals surface area contributed by atoms with Crippen LogP contribution in [-0.4, -0.2) is 43.3 Å². The molecule has 4 aromatic carbocycles. The molecule has 4 aromatic rings. The second-order valence-electron chi connectivity index (χ2n) is 13.2. The van der Waals surface area contributed by atoms with Crippen LogP contribution in [0.25, 0.3) is 0 Å². The first-order valence-electron chi connectivity index (χ1n) is 16.2. The topological polar surface area (TPSA) is 88.5 Å². The standard InChI is InChI=1S/C39H40N2O6/c1-25-36(38(2,3)27-15-19-29(45-4)20-16-27)34(21-22-42)47-39(25)30-9-5-6-10-31(30)40(37(39)44)23-26-13-17-28(18-14-26)41-32-11-7-8-12-33(32)46-24-35(41)43/h5-20,25,34,36,42H,21-24H2,1-4H3/t25-,34+,36-,39+/m1/s1. The van der Waals surface area contributed by atoms with E-state index < -0.39 is 5.60 Å². The van der Waals surface area contributed by atoms with Gasteiger partial charge in [-0.15, -0.1) is 0 Å². The van der Waals surface area contributed by atoms with Crippen LogP contribution in [0.5, 0.6) is 11.5 Å². The molecule has 3 aliphatic rings. The molecule has 0 unspecified atom stereocenters. The van der Waals surface area contributed by atoms with Gasteiger partial charge in [0.15, 0.2) is 12.2 Å². The van der Waals surface area contributed by atoms with Crippen LogP contribution in [0, 0.1) is 11.8 Å². The molecule has 0 saturated carbocycles. The third kappa shape index (κ3) is 4.89. The van der Waals surface area contributed by atoms with Gasteiger partial charge in [0.2, 0.25) is 0 Å². The average Bonchev–Trinajstić information content (AvgIpc) is 3.52. The summed E-state index contributed by atoms with van der Waals surface area (Å²) in [6.45, 7) is 6.81. The SMILES string of the molecule is COc1ccc(C(C)(C)[C@H]2[C@H](CCO)O[C@@]3(C(=O)N(Cc4ccc(N5C(=O)COc6ccccc65)cc4)c4ccccc43)[C@@H]2C)cc1. The Hall–Kier alpha value is -4.66. The molecule has 0 bridgehead atoms. The molecule has 1 saturated heterocycles. The van der Waals surface area contributed by atoms with Crippen molar-refractivity contribution in [3.05, 3.63) is 114 Å². The molecule has 0 radical (unpaired) electrons. The van der Waals surface area contributed by atoms with Crippen LogP contribution in [0.3, 0.4) is 0 Å². The van der Waals surface area contributed by atoms with Crippen LogP contribution in [0.1, 0.15) is 43.9 Å². The summed E-state index contributed by atoms with van der Waals surface area (Å²) in [7, 11) is 1.65. The minimum atomic E-state index is -1.19. The number of amides is 2. The number of hydrogen-bond donors (Lipinski definition) is 1. The Kier molecular flexibility index (Phi) is 7.81. The molecule has 2 amide bonds. The number of carbonyl (C=O) groups is 2. The van der Waals surface area contributed by atoms with Crippen molar-refractivity contribution in [2.24, 2.45) is 11.8 Å². The minimum Gasteiger partial charge on any atom is -0.497 e. The molecule has 47 heavy (non-hydrogen) atoms. The number of hydrogen-bond acceptors (Lipinski definition) is 6. The maximum absolute atomic E-state index is 14.8. The molecule has 0 aliphatic carbocycles. The van der Waals surface area contributed by atoms with Crippen LogP contribution in [-0.2, 0) is 31.9 Å². The lowest BCUT2D eigenvalue weighted by molar-refractivity contribution is -0.146. The van der Waals surface area contributed by atoms with Gasteiger partial charge in [-0.25, -0.2) is 0 Å². The molecule has 1 spiro atoms. The number of anilines is 3. The van der Waals surface area contributed by atoms with E-state index in [4.69, 9.17) is 14.2 Å². The highest BCUT2D eigenvalue weighted by Crippen LogP contribution is 2.59. The average molecular weight is 633 g/mol. The van der Waals surface area contributed by atoms with Gasteiger partial charge >= 0.3 is 0 Å². The van der Waals surface area contributed by atoms with Crippen molar-refractivity contribution >= 4 is 28.9 Å². The second kappa shape index (κ2) is 11.9. The van der Waals surface area contributed by atoms with Crippen LogP contribution < -0.4 is 19.3 Å². The number of nitrogens with zero attached hydrogens (tertiary/aromatic N) is 2. The number of ether oxygens (including phenoxy) is 3. The fraction of sp³-hybridized carbons (Fsp3) is 0.333. The number of aliphatic hydroxyl groups excluding tert-OH is 1. The van der Waals surface area contributed by atoms with Gasteiger partial charge < -0.3 is 24.2 Å². The van der Waals surface area contributed by atoms with Gasteiger partial charge in [0, 0.05) is 29.7 Å². The van der Waals surface area contributed by atoms with E-state index in [2.05, 4.69) is 32.9 Å². The predicted molar refractivity (Wildman–Crippen MR) is 180 cm³/mol. The molecule has 3 heterocycles. The third-order valence-corrected chi connectivity index (χ3v) is 10.4. The lowest BCUT2D eigenvalue weighted by Crippen LogP contribution is -2.45. The zero-order valence-electron chi connectivity index (χ0n) is 27.2. The van der Waals surface area contributed by atoms with E-state index in [1.54, 1.807) is 12.0 Å². The van der Waals surface area contributed by atoms with E-state index in [1.165, 1.54) is 0 Å². The summed E-state index contributed by atoms with van der Waals surface area (Å²) in [4.78, 5) is 31.2. The van der Waals surface area contributed by atoms with Crippen molar-refractivity contribution in [3.63, 3.8) is 0 Å². The molecule has 7 rings (SSSR count). The number of benzene rings is 4. The fourth-order valence-electron chi connectivity index (χ4n) is 8.14. The first-order valence-corrected chi connectivity index (χ1v) is 16.2. The van der Waals surface area contributed by atoms with Crippen LogP contribution in [0.4, 0.5) is 17.1 Å². The van der Waals surface area contributed by atoms with Gasteiger partial charge in [-0.1, -0.05) is 75.4 Å². The Morgan fingerprint density at radius 3 is 2.30 bits per heavy atom. The number of carbonyl (C=O) groups excluding carboxylic acids is 2. The molecule has 242 valence electrons. The van der Waals surface area contributed by atoms with Crippen molar-refractivity contribution in [2.45, 2.75) is 50.9 Å². The van der Waals surface area contributed by atoms with E-state index in [1.807, 2.05) is 89.8 Å². The van der Waals surface area contributed by atoms with E-state index in [-0.39, 0.29) is 48.4 Å². The normalized spacial score (nSPS) is 23.6. The highest BCUT2D eigenvalue weighted by Gasteiger charge is 2.65. The Labute approximate surface area is 275 Å². The van der Waals surface area contributed by atoms with Gasteiger partial charge in [-0.3, -0.25) is 14.5 Å². The van der Waals surface area contributed by atoms with Crippen molar-refractivity contribution in [2.75, 3.05) is 30.1 Å². The first-order chi connectivity index (χ1) is 22.7. The summed E-state index contributed by atoms with van der Waals surface area (Å²) in [5.41, 5.74) is 3.63. The second-order valence-corrected chi connectivity index (χ2v) is 13.2. The lowest BCUT2D eigenvalue weighted by atomic mass is 9.63. The van der Waals surface area contributed by atoms with Crippen molar-refractivity contribution in [3.8, 4) is 11.5 Å². The molecular weight excluding hydrogens is 592 g/mol. The monoisotopic (exact) mass is 632 g/mol. The molecule has 0 aromatic heterocycles.